The summed E-state index contributed by atoms with van der Waals surface area (Å²) in [4.78, 5) is 16.3. The van der Waals surface area contributed by atoms with E-state index in [0.29, 0.717) is 25.0 Å². The Morgan fingerprint density at radius 2 is 2.44 bits per heavy atom. The molecule has 0 amide bonds. The van der Waals surface area contributed by atoms with Gasteiger partial charge in [0.15, 0.2) is 5.82 Å². The van der Waals surface area contributed by atoms with Gasteiger partial charge in [-0.1, -0.05) is 0 Å². The summed E-state index contributed by atoms with van der Waals surface area (Å²) in [6.45, 7) is 1.06. The first-order chi connectivity index (χ1) is 8.76. The van der Waals surface area contributed by atoms with Gasteiger partial charge >= 0.3 is 0 Å². The Labute approximate surface area is 106 Å². The van der Waals surface area contributed by atoms with E-state index in [0.717, 1.165) is 19.3 Å². The largest absolute Gasteiger partial charge is 0.383 e. The summed E-state index contributed by atoms with van der Waals surface area (Å²) in [6.07, 6.45) is 6.31. The van der Waals surface area contributed by atoms with Gasteiger partial charge in [0.2, 0.25) is 0 Å². The quantitative estimate of drug-likeness (QED) is 0.732. The summed E-state index contributed by atoms with van der Waals surface area (Å²) in [7, 11) is 1.63. The van der Waals surface area contributed by atoms with Crippen LogP contribution >= 0.6 is 0 Å². The summed E-state index contributed by atoms with van der Waals surface area (Å²) in [5.41, 5.74) is 5.48. The van der Waals surface area contributed by atoms with Gasteiger partial charge in [-0.2, -0.15) is 0 Å². The monoisotopic (exact) mass is 252 g/mol. The van der Waals surface area contributed by atoms with Gasteiger partial charge in [0.1, 0.15) is 0 Å². The summed E-state index contributed by atoms with van der Waals surface area (Å²) < 4.78 is 6.86. The maximum absolute atomic E-state index is 12.2. The van der Waals surface area contributed by atoms with Crippen LogP contribution in [0.1, 0.15) is 25.3 Å². The SMILES string of the molecule is COCC(CCN)Nc1nccn(C2CC2)c1=O. The Bertz CT molecular complexity index is 436. The Kier molecular flexibility index (Phi) is 4.33. The van der Waals surface area contributed by atoms with Crippen molar-refractivity contribution in [1.82, 2.24) is 9.55 Å². The molecule has 0 aromatic carbocycles. The molecule has 3 N–H and O–H groups in total. The number of nitrogens with one attached hydrogen (secondary N) is 1. The molecule has 1 saturated carbocycles. The van der Waals surface area contributed by atoms with Crippen LogP contribution < -0.4 is 16.6 Å². The molecule has 0 bridgehead atoms. The molecule has 1 aliphatic rings. The maximum Gasteiger partial charge on any atom is 0.293 e. The Balaban J connectivity index is 2.12. The zero-order valence-electron chi connectivity index (χ0n) is 10.6. The first-order valence-corrected chi connectivity index (χ1v) is 6.29. The number of methoxy groups -OCH3 is 1. The van der Waals surface area contributed by atoms with Crippen molar-refractivity contribution in [1.29, 1.82) is 0 Å². The minimum atomic E-state index is -0.0573. The number of anilines is 1. The van der Waals surface area contributed by atoms with Gasteiger partial charge in [-0.05, 0) is 25.8 Å². The van der Waals surface area contributed by atoms with Crippen LogP contribution in [-0.2, 0) is 4.74 Å². The highest BCUT2D eigenvalue weighted by atomic mass is 16.5. The van der Waals surface area contributed by atoms with Crippen molar-refractivity contribution in [2.24, 2.45) is 5.73 Å². The second kappa shape index (κ2) is 5.97. The van der Waals surface area contributed by atoms with Crippen LogP contribution in [0.3, 0.4) is 0 Å². The Morgan fingerprint density at radius 3 is 3.06 bits per heavy atom. The van der Waals surface area contributed by atoms with E-state index in [2.05, 4.69) is 10.3 Å². The predicted octanol–water partition coefficient (Wildman–Crippen LogP) is 0.354. The molecule has 18 heavy (non-hydrogen) atoms. The van der Waals surface area contributed by atoms with E-state index in [1.54, 1.807) is 24.1 Å². The van der Waals surface area contributed by atoms with Crippen LogP contribution in [-0.4, -0.2) is 35.9 Å². The number of ether oxygens (including phenoxy) is 1. The average Bonchev–Trinajstić information content (AvgIpc) is 3.16. The summed E-state index contributed by atoms with van der Waals surface area (Å²) in [6, 6.07) is 0.381. The van der Waals surface area contributed by atoms with Crippen LogP contribution in [0.2, 0.25) is 0 Å². The van der Waals surface area contributed by atoms with Gasteiger partial charge in [0.05, 0.1) is 12.6 Å². The molecule has 0 saturated heterocycles. The van der Waals surface area contributed by atoms with Gasteiger partial charge < -0.3 is 20.4 Å². The minimum absolute atomic E-state index is 0.0234. The molecule has 0 aliphatic heterocycles. The van der Waals surface area contributed by atoms with Gasteiger partial charge in [-0.25, -0.2) is 4.98 Å². The molecule has 1 fully saturated rings. The van der Waals surface area contributed by atoms with Gasteiger partial charge in [0.25, 0.3) is 5.56 Å². The maximum atomic E-state index is 12.2. The van der Waals surface area contributed by atoms with E-state index < -0.39 is 0 Å². The number of hydrogen-bond donors (Lipinski definition) is 2. The van der Waals surface area contributed by atoms with Crippen LogP contribution in [0.25, 0.3) is 0 Å². The summed E-state index contributed by atoms with van der Waals surface area (Å²) in [5, 5.41) is 3.12. The average molecular weight is 252 g/mol. The van der Waals surface area contributed by atoms with Crippen molar-refractivity contribution < 1.29 is 4.74 Å². The predicted molar refractivity (Wildman–Crippen MR) is 69.7 cm³/mol. The normalized spacial score (nSPS) is 16.6. The molecule has 6 heteroatoms. The lowest BCUT2D eigenvalue weighted by Crippen LogP contribution is -2.33. The van der Waals surface area contributed by atoms with E-state index in [1.165, 1.54) is 0 Å². The lowest BCUT2D eigenvalue weighted by molar-refractivity contribution is 0.183. The molecule has 1 atom stereocenters. The van der Waals surface area contributed by atoms with Crippen LogP contribution in [0.15, 0.2) is 17.2 Å². The zero-order chi connectivity index (χ0) is 13.0. The van der Waals surface area contributed by atoms with Gasteiger partial charge in [-0.3, -0.25) is 4.79 Å². The molecular weight excluding hydrogens is 232 g/mol. The number of nitrogens with two attached hydrogens (primary N) is 1. The van der Waals surface area contributed by atoms with Crippen LogP contribution in [0.5, 0.6) is 0 Å². The highest BCUT2D eigenvalue weighted by Crippen LogP contribution is 2.33. The van der Waals surface area contributed by atoms with Crippen molar-refractivity contribution in [3.05, 3.63) is 22.7 Å². The molecule has 1 unspecified atom stereocenters. The molecular formula is C12H20N4O2. The fourth-order valence-electron chi connectivity index (χ4n) is 1.96. The fourth-order valence-corrected chi connectivity index (χ4v) is 1.96. The number of nitrogens with zero attached hydrogens (tertiary/aromatic N) is 2. The zero-order valence-corrected chi connectivity index (χ0v) is 10.6. The fraction of sp³-hybridized carbons (Fsp3) is 0.667. The Morgan fingerprint density at radius 1 is 1.67 bits per heavy atom. The molecule has 6 nitrogen and oxygen atoms in total. The van der Waals surface area contributed by atoms with Gasteiger partial charge in [-0.15, -0.1) is 0 Å². The van der Waals surface area contributed by atoms with Crippen LogP contribution in [0, 0.1) is 0 Å². The second-order valence-electron chi connectivity index (χ2n) is 4.59. The molecule has 1 aromatic heterocycles. The lowest BCUT2D eigenvalue weighted by atomic mass is 10.2. The van der Waals surface area contributed by atoms with Crippen molar-refractivity contribution in [2.75, 3.05) is 25.6 Å². The lowest BCUT2D eigenvalue weighted by Gasteiger charge is -2.17. The molecule has 1 aliphatic carbocycles. The smallest absolute Gasteiger partial charge is 0.293 e. The van der Waals surface area contributed by atoms with E-state index in [4.69, 9.17) is 10.5 Å². The van der Waals surface area contributed by atoms with E-state index >= 15 is 0 Å². The first kappa shape index (κ1) is 13.0. The van der Waals surface area contributed by atoms with Crippen molar-refractivity contribution in [3.63, 3.8) is 0 Å². The highest BCUT2D eigenvalue weighted by Gasteiger charge is 2.25. The first-order valence-electron chi connectivity index (χ1n) is 6.29. The molecule has 2 rings (SSSR count). The number of hydrogen-bond acceptors (Lipinski definition) is 5. The van der Waals surface area contributed by atoms with E-state index in [9.17, 15) is 4.79 Å². The molecule has 1 heterocycles. The van der Waals surface area contributed by atoms with E-state index in [1.807, 2.05) is 0 Å². The summed E-state index contributed by atoms with van der Waals surface area (Å²) >= 11 is 0. The number of aromatic nitrogens is 2. The topological polar surface area (TPSA) is 82.2 Å². The minimum Gasteiger partial charge on any atom is -0.383 e. The van der Waals surface area contributed by atoms with Crippen molar-refractivity contribution >= 4 is 5.82 Å². The third-order valence-corrected chi connectivity index (χ3v) is 3.03. The third-order valence-electron chi connectivity index (χ3n) is 3.03. The van der Waals surface area contributed by atoms with Crippen LogP contribution in [0.4, 0.5) is 5.82 Å². The second-order valence-corrected chi connectivity index (χ2v) is 4.59. The van der Waals surface area contributed by atoms with Gasteiger partial charge in [0, 0.05) is 25.5 Å². The number of rotatable bonds is 7. The third kappa shape index (κ3) is 3.08. The Hall–Kier alpha value is -1.40. The summed E-state index contributed by atoms with van der Waals surface area (Å²) in [5.74, 6) is 0.389. The molecule has 100 valence electrons. The van der Waals surface area contributed by atoms with Crippen molar-refractivity contribution in [3.8, 4) is 0 Å². The van der Waals surface area contributed by atoms with E-state index in [-0.39, 0.29) is 11.6 Å². The molecule has 0 radical (unpaired) electrons. The highest BCUT2D eigenvalue weighted by molar-refractivity contribution is 5.32. The van der Waals surface area contributed by atoms with Crippen molar-refractivity contribution in [2.45, 2.75) is 31.3 Å². The molecule has 0 spiro atoms. The molecule has 1 aromatic rings. The standard InChI is InChI=1S/C12H20N4O2/c1-18-8-9(4-5-13)15-11-12(17)16(7-6-14-11)10-2-3-10/h6-7,9-10H,2-5,8,13H2,1H3,(H,14,15).